The van der Waals surface area contributed by atoms with Crippen LogP contribution in [-0.2, 0) is 24.1 Å². The smallest absolute Gasteiger partial charge is 0.341 e. The lowest BCUT2D eigenvalue weighted by Crippen LogP contribution is -2.50. The number of anilines is 2. The van der Waals surface area contributed by atoms with Crippen molar-refractivity contribution in [2.45, 2.75) is 53.0 Å². The van der Waals surface area contributed by atoms with Gasteiger partial charge in [-0.25, -0.2) is 14.6 Å². The highest BCUT2D eigenvalue weighted by Crippen LogP contribution is 2.41. The van der Waals surface area contributed by atoms with Crippen LogP contribution < -0.4 is 15.6 Å². The first-order chi connectivity index (χ1) is 19.7. The van der Waals surface area contributed by atoms with E-state index in [4.69, 9.17) is 17.0 Å². The van der Waals surface area contributed by atoms with Crippen molar-refractivity contribution in [3.63, 3.8) is 0 Å². The summed E-state index contributed by atoms with van der Waals surface area (Å²) in [5, 5.41) is 14.3. The number of piperazine rings is 1. The van der Waals surface area contributed by atoms with Crippen LogP contribution in [0.25, 0.3) is 11.0 Å². The number of carboxylic acids is 1. The lowest BCUT2D eigenvalue weighted by Gasteiger charge is -2.36. The van der Waals surface area contributed by atoms with Crippen LogP contribution in [0.1, 0.15) is 64.8 Å². The van der Waals surface area contributed by atoms with Crippen LogP contribution in [0.15, 0.2) is 17.2 Å². The Balaban J connectivity index is 1.31. The number of nitrogens with zero attached hydrogens (tertiary/aromatic N) is 5. The van der Waals surface area contributed by atoms with Crippen molar-refractivity contribution in [3.8, 4) is 0 Å². The van der Waals surface area contributed by atoms with Crippen molar-refractivity contribution in [2.24, 2.45) is 5.92 Å². The van der Waals surface area contributed by atoms with E-state index in [2.05, 4.69) is 27.1 Å². The molecule has 0 saturated carbocycles. The molecule has 3 aromatic heterocycles. The number of aryl methyl sites for hydroxylation is 1. The first-order valence-corrected chi connectivity index (χ1v) is 15.2. The van der Waals surface area contributed by atoms with Crippen LogP contribution in [0, 0.1) is 5.92 Å². The third-order valence-electron chi connectivity index (χ3n) is 7.87. The van der Waals surface area contributed by atoms with Gasteiger partial charge in [0.05, 0.1) is 17.6 Å². The van der Waals surface area contributed by atoms with Crippen LogP contribution in [0.3, 0.4) is 0 Å². The molecule has 41 heavy (non-hydrogen) atoms. The summed E-state index contributed by atoms with van der Waals surface area (Å²) in [5.74, 6) is -0.468. The number of aromatic nitrogens is 3. The fourth-order valence-electron chi connectivity index (χ4n) is 5.51. The number of pyridine rings is 1. The van der Waals surface area contributed by atoms with E-state index in [1.807, 2.05) is 18.7 Å². The van der Waals surface area contributed by atoms with Gasteiger partial charge in [0.2, 0.25) is 11.4 Å². The molecular formula is C28H34N6O5S2. The molecule has 0 radical (unpaired) electrons. The van der Waals surface area contributed by atoms with Gasteiger partial charge in [-0.15, -0.1) is 11.3 Å². The van der Waals surface area contributed by atoms with Crippen molar-refractivity contribution in [1.82, 2.24) is 19.4 Å². The monoisotopic (exact) mass is 598 g/mol. The van der Waals surface area contributed by atoms with Gasteiger partial charge in [-0.2, -0.15) is 4.98 Å². The van der Waals surface area contributed by atoms with Crippen molar-refractivity contribution >= 4 is 62.6 Å². The summed E-state index contributed by atoms with van der Waals surface area (Å²) in [7, 11) is 0. The van der Waals surface area contributed by atoms with Gasteiger partial charge < -0.3 is 29.5 Å². The summed E-state index contributed by atoms with van der Waals surface area (Å²) in [5.41, 5.74) is 1.24. The van der Waals surface area contributed by atoms with Gasteiger partial charge in [0, 0.05) is 50.0 Å². The summed E-state index contributed by atoms with van der Waals surface area (Å²) >= 11 is 7.40. The molecule has 11 nitrogen and oxygen atoms in total. The summed E-state index contributed by atoms with van der Waals surface area (Å²) in [6.45, 7) is 9.09. The molecule has 1 atom stereocenters. The number of thiophene rings is 1. The number of aromatic carboxylic acids is 1. The Morgan fingerprint density at radius 1 is 1.22 bits per heavy atom. The van der Waals surface area contributed by atoms with Gasteiger partial charge in [-0.1, -0.05) is 13.3 Å². The highest BCUT2D eigenvalue weighted by molar-refractivity contribution is 7.80. The molecule has 0 spiro atoms. The zero-order valence-electron chi connectivity index (χ0n) is 23.4. The SMILES string of the molecule is CCOC(=O)c1c(NC(=S)N2CCN(c3ncc4c(=O)c(C(=O)O)cn(CC)c4n3)CC2)sc2c1CCC(CC)C2. The van der Waals surface area contributed by atoms with Crippen LogP contribution in [0.5, 0.6) is 0 Å². The Kier molecular flexibility index (Phi) is 8.55. The minimum absolute atomic E-state index is 0.181. The maximum atomic E-state index is 12.9. The van der Waals surface area contributed by atoms with E-state index in [1.165, 1.54) is 17.3 Å². The molecule has 1 aliphatic carbocycles. The van der Waals surface area contributed by atoms with E-state index in [9.17, 15) is 19.5 Å². The molecule has 13 heteroatoms. The van der Waals surface area contributed by atoms with E-state index in [0.29, 0.717) is 67.5 Å². The quantitative estimate of drug-likeness (QED) is 0.304. The number of rotatable bonds is 7. The van der Waals surface area contributed by atoms with E-state index >= 15 is 0 Å². The van der Waals surface area contributed by atoms with Crippen molar-refractivity contribution in [1.29, 1.82) is 0 Å². The minimum Gasteiger partial charge on any atom is -0.477 e. The first kappa shape index (κ1) is 28.9. The van der Waals surface area contributed by atoms with Gasteiger partial charge in [0.15, 0.2) is 5.11 Å². The molecule has 218 valence electrons. The molecule has 5 rings (SSSR count). The van der Waals surface area contributed by atoms with Crippen LogP contribution in [0.4, 0.5) is 10.9 Å². The molecule has 2 aliphatic rings. The molecule has 3 aromatic rings. The van der Waals surface area contributed by atoms with E-state index in [-0.39, 0.29) is 16.9 Å². The Morgan fingerprint density at radius 2 is 1.98 bits per heavy atom. The molecular weight excluding hydrogens is 564 g/mol. The molecule has 1 aliphatic heterocycles. The fourth-order valence-corrected chi connectivity index (χ4v) is 7.20. The Bertz CT molecular complexity index is 1560. The number of carbonyl (C=O) groups excluding carboxylic acids is 1. The molecule has 0 amide bonds. The predicted molar refractivity (Wildman–Crippen MR) is 163 cm³/mol. The molecule has 0 aromatic carbocycles. The number of hydrogen-bond donors (Lipinski definition) is 2. The van der Waals surface area contributed by atoms with Crippen LogP contribution >= 0.6 is 23.6 Å². The number of thiocarbonyl (C=S) groups is 1. The summed E-state index contributed by atoms with van der Waals surface area (Å²) < 4.78 is 7.07. The second-order valence-electron chi connectivity index (χ2n) is 10.2. The van der Waals surface area contributed by atoms with E-state index in [1.54, 1.807) is 15.9 Å². The average Bonchev–Trinajstić information content (AvgIpc) is 3.34. The third-order valence-corrected chi connectivity index (χ3v) is 9.40. The van der Waals surface area contributed by atoms with Gasteiger partial charge in [-0.05, 0) is 56.8 Å². The molecule has 1 unspecified atom stereocenters. The van der Waals surface area contributed by atoms with Gasteiger partial charge in [-0.3, -0.25) is 4.79 Å². The average molecular weight is 599 g/mol. The molecule has 1 saturated heterocycles. The number of nitrogens with one attached hydrogen (secondary N) is 1. The minimum atomic E-state index is -1.27. The highest BCUT2D eigenvalue weighted by Gasteiger charge is 2.30. The van der Waals surface area contributed by atoms with E-state index in [0.717, 1.165) is 36.2 Å². The number of ether oxygens (including phenoxy) is 1. The predicted octanol–water partition coefficient (Wildman–Crippen LogP) is 3.78. The zero-order chi connectivity index (χ0) is 29.3. The summed E-state index contributed by atoms with van der Waals surface area (Å²) in [4.78, 5) is 51.4. The van der Waals surface area contributed by atoms with Gasteiger partial charge >= 0.3 is 11.9 Å². The summed E-state index contributed by atoms with van der Waals surface area (Å²) in [6, 6.07) is 0. The maximum absolute atomic E-state index is 12.9. The number of fused-ring (bicyclic) bond motifs is 2. The van der Waals surface area contributed by atoms with Crippen LogP contribution in [0.2, 0.25) is 0 Å². The number of esters is 1. The molecule has 1 fully saturated rings. The normalized spacial score (nSPS) is 16.9. The summed E-state index contributed by atoms with van der Waals surface area (Å²) in [6.07, 6.45) is 6.80. The topological polar surface area (TPSA) is 130 Å². The Labute approximate surface area is 247 Å². The first-order valence-electron chi connectivity index (χ1n) is 14.0. The maximum Gasteiger partial charge on any atom is 0.341 e. The van der Waals surface area contributed by atoms with Gasteiger partial charge in [0.1, 0.15) is 16.2 Å². The number of hydrogen-bond acceptors (Lipinski definition) is 9. The number of carbonyl (C=O) groups is 2. The highest BCUT2D eigenvalue weighted by atomic mass is 32.1. The van der Waals surface area contributed by atoms with Crippen molar-refractivity contribution < 1.29 is 19.4 Å². The second kappa shape index (κ2) is 12.1. The van der Waals surface area contributed by atoms with Crippen molar-refractivity contribution in [3.05, 3.63) is 44.2 Å². The molecule has 0 bridgehead atoms. The lowest BCUT2D eigenvalue weighted by atomic mass is 9.86. The lowest BCUT2D eigenvalue weighted by molar-refractivity contribution is 0.0526. The largest absolute Gasteiger partial charge is 0.477 e. The van der Waals surface area contributed by atoms with Gasteiger partial charge in [0.25, 0.3) is 0 Å². The third kappa shape index (κ3) is 5.65. The zero-order valence-corrected chi connectivity index (χ0v) is 25.1. The Morgan fingerprint density at radius 3 is 2.63 bits per heavy atom. The molecule has 2 N–H and O–H groups in total. The fraction of sp³-hybridized carbons (Fsp3) is 0.500. The second-order valence-corrected chi connectivity index (χ2v) is 11.7. The molecule has 4 heterocycles. The van der Waals surface area contributed by atoms with Crippen LogP contribution in [-0.4, -0.2) is 74.4 Å². The van der Waals surface area contributed by atoms with E-state index < -0.39 is 11.4 Å². The van der Waals surface area contributed by atoms with Crippen molar-refractivity contribution in [2.75, 3.05) is 43.0 Å². The number of carboxylic acid groups (broad SMARTS) is 1. The standard InChI is InChI=1S/C28H34N6O5S2/c1-4-16-7-8-17-20(13-16)41-24(21(17)26(38)39-6-3)31-28(40)34-11-9-33(10-12-34)27-29-14-18-22(35)19(25(36)37)15-32(5-2)23(18)30-27/h14-16H,4-13H2,1-3H3,(H,31,40)(H,36,37). The Hall–Kier alpha value is -3.58.